The fourth-order valence-electron chi connectivity index (χ4n) is 4.33. The molecule has 0 atom stereocenters. The lowest BCUT2D eigenvalue weighted by Gasteiger charge is -2.02. The lowest BCUT2D eigenvalue weighted by atomic mass is 10.0. The van der Waals surface area contributed by atoms with Crippen molar-refractivity contribution in [2.24, 2.45) is 0 Å². The SMILES string of the molecule is Cc1cc(C)cc(-c2cc(-c3cccc(-c4cc(-c5cc(C)cc(C)c5)[nH]n4)c3)n[nH]2)c1. The van der Waals surface area contributed by atoms with E-state index in [1.807, 2.05) is 0 Å². The molecular formula is C28H26N4. The van der Waals surface area contributed by atoms with Crippen LogP contribution >= 0.6 is 0 Å². The van der Waals surface area contributed by atoms with Crippen molar-refractivity contribution in [1.29, 1.82) is 0 Å². The van der Waals surface area contributed by atoms with E-state index in [9.17, 15) is 0 Å². The quantitative estimate of drug-likeness (QED) is 0.329. The van der Waals surface area contributed by atoms with Gasteiger partial charge in [0.05, 0.1) is 22.8 Å². The molecule has 0 spiro atoms. The Hall–Kier alpha value is -3.92. The first-order valence-corrected chi connectivity index (χ1v) is 10.8. The monoisotopic (exact) mass is 418 g/mol. The summed E-state index contributed by atoms with van der Waals surface area (Å²) in [5.41, 5.74) is 13.3. The van der Waals surface area contributed by atoms with Gasteiger partial charge in [0.2, 0.25) is 0 Å². The average Bonchev–Trinajstić information content (AvgIpc) is 3.43. The molecule has 0 fully saturated rings. The first kappa shape index (κ1) is 20.0. The maximum absolute atomic E-state index is 4.58. The number of rotatable bonds is 4. The summed E-state index contributed by atoms with van der Waals surface area (Å²) in [4.78, 5) is 0. The summed E-state index contributed by atoms with van der Waals surface area (Å²) >= 11 is 0. The van der Waals surface area contributed by atoms with Crippen LogP contribution in [-0.4, -0.2) is 20.4 Å². The van der Waals surface area contributed by atoms with Crippen molar-refractivity contribution in [3.8, 4) is 45.0 Å². The van der Waals surface area contributed by atoms with Gasteiger partial charge < -0.3 is 0 Å². The number of nitrogens with one attached hydrogen (secondary N) is 2. The number of hydrogen-bond acceptors (Lipinski definition) is 2. The van der Waals surface area contributed by atoms with Crippen molar-refractivity contribution in [1.82, 2.24) is 20.4 Å². The highest BCUT2D eigenvalue weighted by Gasteiger charge is 2.11. The predicted octanol–water partition coefficient (Wildman–Crippen LogP) is 7.03. The van der Waals surface area contributed by atoms with Crippen LogP contribution in [0.1, 0.15) is 22.3 Å². The largest absolute Gasteiger partial charge is 0.277 e. The van der Waals surface area contributed by atoms with E-state index in [1.54, 1.807) is 0 Å². The lowest BCUT2D eigenvalue weighted by molar-refractivity contribution is 1.09. The number of H-pyrrole nitrogens is 2. The highest BCUT2D eigenvalue weighted by Crippen LogP contribution is 2.30. The van der Waals surface area contributed by atoms with Crippen LogP contribution in [0.4, 0.5) is 0 Å². The Morgan fingerprint density at radius 3 is 1.28 bits per heavy atom. The van der Waals surface area contributed by atoms with Crippen LogP contribution in [0.3, 0.4) is 0 Å². The molecule has 0 aliphatic rings. The summed E-state index contributed by atoms with van der Waals surface area (Å²) in [6, 6.07) is 25.7. The number of nitrogens with zero attached hydrogens (tertiary/aromatic N) is 2. The number of aryl methyl sites for hydroxylation is 4. The maximum atomic E-state index is 4.58. The Bertz CT molecular complexity index is 1280. The van der Waals surface area contributed by atoms with Crippen molar-refractivity contribution in [2.75, 3.05) is 0 Å². The van der Waals surface area contributed by atoms with Crippen LogP contribution in [0.5, 0.6) is 0 Å². The number of aromatic amines is 2. The fourth-order valence-corrected chi connectivity index (χ4v) is 4.33. The summed E-state index contributed by atoms with van der Waals surface area (Å²) in [5, 5.41) is 15.5. The molecule has 0 bridgehead atoms. The van der Waals surface area contributed by atoms with Crippen molar-refractivity contribution in [3.63, 3.8) is 0 Å². The van der Waals surface area contributed by atoms with Gasteiger partial charge in [-0.25, -0.2) is 0 Å². The van der Waals surface area contributed by atoms with Gasteiger partial charge in [0.15, 0.2) is 0 Å². The number of hydrogen-bond donors (Lipinski definition) is 2. The van der Waals surface area contributed by atoms with Crippen LogP contribution in [-0.2, 0) is 0 Å². The van der Waals surface area contributed by atoms with Crippen molar-refractivity contribution < 1.29 is 0 Å². The molecule has 2 aromatic heterocycles. The zero-order valence-corrected chi connectivity index (χ0v) is 18.8. The van der Waals surface area contributed by atoms with Gasteiger partial charge in [-0.2, -0.15) is 10.2 Å². The van der Waals surface area contributed by atoms with Crippen LogP contribution < -0.4 is 0 Å². The molecule has 2 heterocycles. The van der Waals surface area contributed by atoms with Gasteiger partial charge in [0, 0.05) is 22.3 Å². The molecule has 0 aliphatic heterocycles. The van der Waals surface area contributed by atoms with Gasteiger partial charge in [0.1, 0.15) is 0 Å². The number of benzene rings is 3. The zero-order valence-electron chi connectivity index (χ0n) is 18.8. The molecule has 0 saturated heterocycles. The second kappa shape index (κ2) is 7.97. The average molecular weight is 419 g/mol. The number of aromatic nitrogens is 4. The van der Waals surface area contributed by atoms with Gasteiger partial charge in [-0.05, 0) is 70.2 Å². The van der Waals surface area contributed by atoms with Gasteiger partial charge in [-0.3, -0.25) is 10.2 Å². The summed E-state index contributed by atoms with van der Waals surface area (Å²) in [6.07, 6.45) is 0. The molecular weight excluding hydrogens is 392 g/mol. The van der Waals surface area contributed by atoms with Crippen LogP contribution in [0.15, 0.2) is 72.8 Å². The van der Waals surface area contributed by atoms with Crippen molar-refractivity contribution >= 4 is 0 Å². The van der Waals surface area contributed by atoms with Crippen molar-refractivity contribution in [3.05, 3.63) is 95.1 Å². The highest BCUT2D eigenvalue weighted by molar-refractivity contribution is 5.75. The third-order valence-corrected chi connectivity index (χ3v) is 5.68. The molecule has 3 aromatic carbocycles. The first-order chi connectivity index (χ1) is 15.4. The Labute approximate surface area is 188 Å². The molecule has 158 valence electrons. The summed E-state index contributed by atoms with van der Waals surface area (Å²) < 4.78 is 0. The smallest absolute Gasteiger partial charge is 0.0927 e. The van der Waals surface area contributed by atoms with E-state index in [-0.39, 0.29) is 0 Å². The van der Waals surface area contributed by atoms with E-state index in [2.05, 4.69) is 121 Å². The van der Waals surface area contributed by atoms with E-state index >= 15 is 0 Å². The van der Waals surface area contributed by atoms with Crippen LogP contribution in [0, 0.1) is 27.7 Å². The molecule has 5 rings (SSSR count). The van der Waals surface area contributed by atoms with Crippen LogP contribution in [0.25, 0.3) is 45.0 Å². The summed E-state index contributed by atoms with van der Waals surface area (Å²) in [5.74, 6) is 0. The minimum atomic E-state index is 0.922. The van der Waals surface area contributed by atoms with Gasteiger partial charge in [-0.15, -0.1) is 0 Å². The van der Waals surface area contributed by atoms with E-state index in [4.69, 9.17) is 0 Å². The Morgan fingerprint density at radius 1 is 0.469 bits per heavy atom. The summed E-state index contributed by atoms with van der Waals surface area (Å²) in [6.45, 7) is 8.47. The molecule has 4 nitrogen and oxygen atoms in total. The Balaban J connectivity index is 1.46. The van der Waals surface area contributed by atoms with Crippen LogP contribution in [0.2, 0.25) is 0 Å². The van der Waals surface area contributed by atoms with E-state index < -0.39 is 0 Å². The minimum Gasteiger partial charge on any atom is -0.277 e. The second-order valence-electron chi connectivity index (χ2n) is 8.67. The predicted molar refractivity (Wildman–Crippen MR) is 131 cm³/mol. The zero-order chi connectivity index (χ0) is 22.2. The van der Waals surface area contributed by atoms with E-state index in [1.165, 1.54) is 22.3 Å². The summed E-state index contributed by atoms with van der Waals surface area (Å²) in [7, 11) is 0. The molecule has 2 N–H and O–H groups in total. The molecule has 0 unspecified atom stereocenters. The van der Waals surface area contributed by atoms with Gasteiger partial charge in [-0.1, -0.05) is 52.6 Å². The molecule has 0 amide bonds. The molecule has 0 radical (unpaired) electrons. The third-order valence-electron chi connectivity index (χ3n) is 5.68. The Kier molecular flexibility index (Phi) is 4.98. The van der Waals surface area contributed by atoms with Gasteiger partial charge >= 0.3 is 0 Å². The lowest BCUT2D eigenvalue weighted by Crippen LogP contribution is -1.82. The second-order valence-corrected chi connectivity index (χ2v) is 8.67. The topological polar surface area (TPSA) is 57.4 Å². The molecule has 4 heteroatoms. The third kappa shape index (κ3) is 4.00. The van der Waals surface area contributed by atoms with Crippen molar-refractivity contribution in [2.45, 2.75) is 27.7 Å². The standard InChI is InChI=1S/C28H26N4/c1-17-8-18(2)11-23(10-17)27-15-25(29-31-27)21-6-5-7-22(14-21)26-16-28(32-30-26)24-12-19(3)9-20(4)13-24/h5-16H,1-4H3,(H,29,31)(H,30,32). The normalized spacial score (nSPS) is 11.1. The minimum absolute atomic E-state index is 0.922. The maximum Gasteiger partial charge on any atom is 0.0927 e. The molecule has 32 heavy (non-hydrogen) atoms. The Morgan fingerprint density at radius 2 is 0.875 bits per heavy atom. The van der Waals surface area contributed by atoms with E-state index in [0.717, 1.165) is 45.0 Å². The molecule has 0 aliphatic carbocycles. The van der Waals surface area contributed by atoms with Gasteiger partial charge in [0.25, 0.3) is 0 Å². The molecule has 5 aromatic rings. The van der Waals surface area contributed by atoms with E-state index in [0.29, 0.717) is 0 Å². The highest BCUT2D eigenvalue weighted by atomic mass is 15.1. The first-order valence-electron chi connectivity index (χ1n) is 10.8. The fraction of sp³-hybridized carbons (Fsp3) is 0.143. The molecule has 0 saturated carbocycles.